The van der Waals surface area contributed by atoms with Crippen LogP contribution in [0, 0.1) is 0 Å². The molecule has 0 radical (unpaired) electrons. The fourth-order valence-electron chi connectivity index (χ4n) is 7.73. The maximum Gasteiger partial charge on any atom is 0.416 e. The van der Waals surface area contributed by atoms with Crippen LogP contribution in [-0.4, -0.2) is 23.8 Å². The second kappa shape index (κ2) is 21.4. The van der Waals surface area contributed by atoms with Crippen LogP contribution in [-0.2, 0) is 60.7 Å². The largest absolute Gasteiger partial charge is 0.452 e. The molecule has 6 aromatic rings. The van der Waals surface area contributed by atoms with E-state index >= 15 is 0 Å². The van der Waals surface area contributed by atoms with Crippen LogP contribution in [0.4, 0.5) is 105 Å². The van der Waals surface area contributed by atoms with Gasteiger partial charge >= 0.3 is 61.1 Å². The number of hydrogen-bond donors (Lipinski definition) is 0. The Hall–Kier alpha value is -7.66. The molecule has 0 spiro atoms. The first-order valence-corrected chi connectivity index (χ1v) is 20.5. The molecule has 0 saturated carbocycles. The summed E-state index contributed by atoms with van der Waals surface area (Å²) in [6, 6.07) is 0.892. The van der Waals surface area contributed by atoms with Crippen LogP contribution in [0.5, 0.6) is 0 Å². The van der Waals surface area contributed by atoms with Crippen molar-refractivity contribution in [2.45, 2.75) is 56.0 Å². The topological polar surface area (TPSA) is 91.8 Å². The van der Waals surface area contributed by atoms with Crippen LogP contribution in [0.3, 0.4) is 0 Å². The van der Waals surface area contributed by atoms with Crippen molar-refractivity contribution < 1.29 is 119 Å². The van der Waals surface area contributed by atoms with Crippen molar-refractivity contribution >= 4 is 34.0 Å². The number of ether oxygens (including phenoxy) is 1. The van der Waals surface area contributed by atoms with Gasteiger partial charge in [0.05, 0.1) is 50.7 Å². The van der Waals surface area contributed by atoms with Crippen molar-refractivity contribution in [1.82, 2.24) is 4.98 Å². The van der Waals surface area contributed by atoms with Gasteiger partial charge in [0.2, 0.25) is 0 Å². The van der Waals surface area contributed by atoms with Crippen LogP contribution in [0.25, 0.3) is 10.4 Å². The van der Waals surface area contributed by atoms with E-state index < -0.39 is 201 Å². The molecule has 5 aromatic carbocycles. The number of nitrogens with zero attached hydrogens (tertiary/aromatic N) is 5. The maximum absolute atomic E-state index is 14.2. The molecule has 1 aromatic heterocycles. The Morgan fingerprint density at radius 1 is 0.481 bits per heavy atom. The van der Waals surface area contributed by atoms with Crippen molar-refractivity contribution in [2.24, 2.45) is 5.11 Å². The fraction of sp³-hybridized carbons (Fsp3) is 0.222. The molecular formula is C45H24BF24N5O2. The molecule has 0 saturated heterocycles. The van der Waals surface area contributed by atoms with Gasteiger partial charge in [0.15, 0.2) is 19.5 Å². The van der Waals surface area contributed by atoms with Gasteiger partial charge < -0.3 is 4.74 Å². The maximum atomic E-state index is 14.2. The standard InChI is InChI=1S/C32H12BF24.C13H12N5O2/c34-25(35,36)13-1-14(26(37,38)39)6-21(5-13)33(22-7-15(27(40,41)42)2-16(8-22)28(43,44)45,23-9-17(29(46,47)48)3-18(10-23)30(49,50)51)24-11-19(31(52,53)54)4-20(12-24)32(55,56)57;14-17-16-10-20-13(19)12-8-15-6-7-18(12)9-11-4-2-1-3-5-11/h1-12H;1-8H,9-10H2/q-1;+1. The molecule has 0 bridgehead atoms. The Balaban J connectivity index is 0.000000455. The molecule has 0 fully saturated rings. The third-order valence-corrected chi connectivity index (χ3v) is 11.0. The molecule has 0 aliphatic carbocycles. The number of benzene rings is 5. The summed E-state index contributed by atoms with van der Waals surface area (Å²) < 4.78 is 347. The molecule has 0 atom stereocenters. The average molecular weight is 1130 g/mol. The number of rotatable bonds is 9. The van der Waals surface area contributed by atoms with Gasteiger partial charge in [0, 0.05) is 10.5 Å². The summed E-state index contributed by atoms with van der Waals surface area (Å²) in [5.74, 6) is -0.582. The Kier molecular flexibility index (Phi) is 16.7. The summed E-state index contributed by atoms with van der Waals surface area (Å²) in [5, 5.41) is 3.16. The summed E-state index contributed by atoms with van der Waals surface area (Å²) in [5.41, 5.74) is -20.7. The van der Waals surface area contributed by atoms with E-state index in [1.807, 2.05) is 30.3 Å². The molecule has 77 heavy (non-hydrogen) atoms. The lowest BCUT2D eigenvalue weighted by Crippen LogP contribution is -2.75. The molecule has 7 nitrogen and oxygen atoms in total. The van der Waals surface area contributed by atoms with Crippen molar-refractivity contribution in [1.29, 1.82) is 0 Å². The summed E-state index contributed by atoms with van der Waals surface area (Å²) in [4.78, 5) is 18.3. The van der Waals surface area contributed by atoms with Gasteiger partial charge in [0.1, 0.15) is 12.3 Å². The predicted molar refractivity (Wildman–Crippen MR) is 219 cm³/mol. The van der Waals surface area contributed by atoms with Crippen LogP contribution in [0.1, 0.15) is 60.6 Å². The molecule has 0 unspecified atom stereocenters. The van der Waals surface area contributed by atoms with E-state index in [0.29, 0.717) is 12.2 Å². The Morgan fingerprint density at radius 2 is 0.766 bits per heavy atom. The molecular weight excluding hydrogens is 1110 g/mol. The highest BCUT2D eigenvalue weighted by molar-refractivity contribution is 7.20. The van der Waals surface area contributed by atoms with Gasteiger partial charge in [-0.05, 0) is 29.8 Å². The van der Waals surface area contributed by atoms with E-state index in [9.17, 15) is 110 Å². The number of halogens is 24. The SMILES string of the molecule is FC(F)(F)c1cc([B-](c2cc(C(F)(F)F)cc(C(F)(F)F)c2)(c2cc(C(F)(F)F)cc(C(F)(F)F)c2)c2cc(C(F)(F)F)cc(C(F)(F)F)c2)cc(C(F)(F)F)c1.[N-]=[N+]=NCOC(=O)c1cncc[n+]1Cc1ccccc1. The Morgan fingerprint density at radius 3 is 1.03 bits per heavy atom. The van der Waals surface area contributed by atoms with E-state index in [4.69, 9.17) is 10.3 Å². The van der Waals surface area contributed by atoms with Crippen molar-refractivity contribution in [2.75, 3.05) is 6.73 Å². The zero-order valence-corrected chi connectivity index (χ0v) is 37.2. The quantitative estimate of drug-likeness (QED) is 0.0275. The summed E-state index contributed by atoms with van der Waals surface area (Å²) in [7, 11) is 0. The molecule has 0 aliphatic heterocycles. The summed E-state index contributed by atoms with van der Waals surface area (Å²) in [6.45, 7) is 0.185. The molecule has 6 rings (SSSR count). The van der Waals surface area contributed by atoms with Crippen molar-refractivity contribution in [3.05, 3.63) is 188 Å². The molecule has 0 amide bonds. The number of carbonyl (C=O) groups excluding carboxylic acids is 1. The average Bonchev–Trinajstić information content (AvgIpc) is 3.30. The third kappa shape index (κ3) is 14.4. The lowest BCUT2D eigenvalue weighted by molar-refractivity contribution is -0.691. The number of azide groups is 1. The number of aromatic nitrogens is 2. The number of carbonyl (C=O) groups is 1. The van der Waals surface area contributed by atoms with E-state index in [-0.39, 0.29) is 6.73 Å². The van der Waals surface area contributed by atoms with Gasteiger partial charge in [-0.15, -0.1) is 0 Å². The minimum atomic E-state index is -6.13. The molecule has 32 heteroatoms. The van der Waals surface area contributed by atoms with Gasteiger partial charge in [0.25, 0.3) is 0 Å². The van der Waals surface area contributed by atoms with Gasteiger partial charge in [-0.3, -0.25) is 4.98 Å². The predicted octanol–water partition coefficient (Wildman–Crippen LogP) is 13.1. The van der Waals surface area contributed by atoms with E-state index in [0.717, 1.165) is 5.56 Å². The second-order valence-corrected chi connectivity index (χ2v) is 16.1. The minimum Gasteiger partial charge on any atom is -0.452 e. The first-order valence-electron chi connectivity index (χ1n) is 20.5. The summed E-state index contributed by atoms with van der Waals surface area (Å²) >= 11 is 0. The zero-order chi connectivity index (χ0) is 58.1. The monoisotopic (exact) mass is 1130 g/mol. The first-order chi connectivity index (χ1) is 35.1. The minimum absolute atomic E-state index is 0.296. The van der Waals surface area contributed by atoms with Gasteiger partial charge in [-0.2, -0.15) is 132 Å². The fourth-order valence-corrected chi connectivity index (χ4v) is 7.73. The van der Waals surface area contributed by atoms with Gasteiger partial charge in [-0.25, -0.2) is 4.79 Å². The lowest BCUT2D eigenvalue weighted by Gasteiger charge is -2.46. The second-order valence-electron chi connectivity index (χ2n) is 16.1. The lowest BCUT2D eigenvalue weighted by atomic mass is 9.12. The normalized spacial score (nSPS) is 13.1. The third-order valence-electron chi connectivity index (χ3n) is 11.0. The highest BCUT2D eigenvalue weighted by atomic mass is 19.4. The van der Waals surface area contributed by atoms with Crippen LogP contribution >= 0.6 is 0 Å². The van der Waals surface area contributed by atoms with Crippen LogP contribution in [0.2, 0.25) is 0 Å². The highest BCUT2D eigenvalue weighted by Gasteiger charge is 2.47. The van der Waals surface area contributed by atoms with Crippen molar-refractivity contribution in [3.63, 3.8) is 0 Å². The molecule has 0 N–H and O–H groups in total. The zero-order valence-electron chi connectivity index (χ0n) is 37.2. The van der Waals surface area contributed by atoms with Crippen molar-refractivity contribution in [3.8, 4) is 0 Å². The Bertz CT molecular complexity index is 2720. The number of esters is 1. The highest BCUT2D eigenvalue weighted by Crippen LogP contribution is 2.41. The van der Waals surface area contributed by atoms with Crippen LogP contribution < -0.4 is 26.4 Å². The number of hydrogen-bond acceptors (Lipinski definition) is 4. The molecule has 0 aliphatic rings. The summed E-state index contributed by atoms with van der Waals surface area (Å²) in [6.07, 6.45) is -50.1. The Labute approximate surface area is 413 Å². The molecule has 1 heterocycles. The number of alkyl halides is 24. The smallest absolute Gasteiger partial charge is 0.416 e. The van der Waals surface area contributed by atoms with Gasteiger partial charge in [-0.1, -0.05) is 84.0 Å². The van der Waals surface area contributed by atoms with Crippen LogP contribution in [0.15, 0.2) is 127 Å². The first kappa shape index (κ1) is 60.2. The molecule has 412 valence electrons. The van der Waals surface area contributed by atoms with E-state index in [1.165, 1.54) is 6.20 Å². The van der Waals surface area contributed by atoms with E-state index in [2.05, 4.69) is 15.0 Å². The van der Waals surface area contributed by atoms with E-state index in [1.54, 1.807) is 17.0 Å².